The zero-order chi connectivity index (χ0) is 20.5. The molecule has 144 valence electrons. The number of carbonyl (C=O) groups is 2. The molecule has 0 aliphatic carbocycles. The lowest BCUT2D eigenvalue weighted by Crippen LogP contribution is -2.44. The molecular weight excluding hydrogens is 433 g/mol. The molecule has 0 unspecified atom stereocenters. The fourth-order valence-electron chi connectivity index (χ4n) is 2.29. The fraction of sp³-hybridized carbons (Fsp3) is 0.0556. The van der Waals surface area contributed by atoms with Crippen LogP contribution < -0.4 is 5.43 Å². The molecule has 0 radical (unpaired) electrons. The molecule has 2 aromatic carbocycles. The van der Waals surface area contributed by atoms with Crippen LogP contribution in [0, 0.1) is 0 Å². The number of nitrogens with zero attached hydrogens (tertiary/aromatic N) is 1. The number of hydrogen-bond donors (Lipinski definition) is 1. The summed E-state index contributed by atoms with van der Waals surface area (Å²) in [6.07, 6.45) is -3.20. The summed E-state index contributed by atoms with van der Waals surface area (Å²) in [5.74, 6) is -1.21. The first-order chi connectivity index (χ1) is 13.1. The van der Waals surface area contributed by atoms with Gasteiger partial charge in [-0.05, 0) is 60.3 Å². The number of nitrogens with one attached hydrogen (secondary N) is 1. The van der Waals surface area contributed by atoms with Gasteiger partial charge in [0.15, 0.2) is 4.32 Å². The van der Waals surface area contributed by atoms with Gasteiger partial charge in [0, 0.05) is 10.6 Å². The lowest BCUT2D eigenvalue weighted by atomic mass is 10.1. The largest absolute Gasteiger partial charge is 0.416 e. The maximum atomic E-state index is 12.8. The number of carbonyl (C=O) groups excluding carboxylic acids is 2. The Morgan fingerprint density at radius 2 is 1.86 bits per heavy atom. The van der Waals surface area contributed by atoms with Gasteiger partial charge in [0.25, 0.3) is 11.8 Å². The van der Waals surface area contributed by atoms with E-state index in [1.54, 1.807) is 0 Å². The number of thiocarbonyl (C=S) groups is 1. The molecule has 2 amide bonds. The molecule has 0 spiro atoms. The zero-order valence-electron chi connectivity index (χ0n) is 13.8. The minimum absolute atomic E-state index is 0.0607. The molecular formula is C18H10ClF3N2O2S2. The van der Waals surface area contributed by atoms with Crippen LogP contribution in [0.3, 0.4) is 0 Å². The minimum atomic E-state index is -4.49. The van der Waals surface area contributed by atoms with Crippen LogP contribution >= 0.6 is 35.6 Å². The van der Waals surface area contributed by atoms with Crippen molar-refractivity contribution < 1.29 is 22.8 Å². The SMILES string of the molecule is O=C(NN1C(=O)/C(=C\c2cccc(C(F)(F)F)c2)SC1=S)c1ccc(Cl)cc1. The predicted octanol–water partition coefficient (Wildman–Crippen LogP) is 4.91. The van der Waals surface area contributed by atoms with E-state index in [4.69, 9.17) is 23.8 Å². The van der Waals surface area contributed by atoms with Gasteiger partial charge >= 0.3 is 6.18 Å². The third-order valence-corrected chi connectivity index (χ3v) is 5.18. The second kappa shape index (κ2) is 7.94. The van der Waals surface area contributed by atoms with Crippen LogP contribution in [0.5, 0.6) is 0 Å². The average molecular weight is 443 g/mol. The van der Waals surface area contributed by atoms with E-state index >= 15 is 0 Å². The van der Waals surface area contributed by atoms with Crippen molar-refractivity contribution >= 4 is 57.8 Å². The normalized spacial score (nSPS) is 16.0. The summed E-state index contributed by atoms with van der Waals surface area (Å²) in [5.41, 5.74) is 2.02. The second-order valence-corrected chi connectivity index (χ2v) is 7.70. The van der Waals surface area contributed by atoms with E-state index in [0.29, 0.717) is 5.02 Å². The molecule has 1 N–H and O–H groups in total. The lowest BCUT2D eigenvalue weighted by Gasteiger charge is -2.15. The number of rotatable bonds is 3. The third kappa shape index (κ3) is 4.54. The predicted molar refractivity (Wildman–Crippen MR) is 105 cm³/mol. The lowest BCUT2D eigenvalue weighted by molar-refractivity contribution is -0.137. The Bertz CT molecular complexity index is 991. The minimum Gasteiger partial charge on any atom is -0.267 e. The number of hydrogen-bond acceptors (Lipinski definition) is 4. The van der Waals surface area contributed by atoms with E-state index in [-0.39, 0.29) is 20.4 Å². The monoisotopic (exact) mass is 442 g/mol. The van der Waals surface area contributed by atoms with Crippen molar-refractivity contribution in [1.82, 2.24) is 10.4 Å². The van der Waals surface area contributed by atoms with Crippen molar-refractivity contribution in [2.45, 2.75) is 6.18 Å². The Hall–Kier alpha value is -2.36. The maximum absolute atomic E-state index is 12.8. The Morgan fingerprint density at radius 3 is 2.50 bits per heavy atom. The fourth-order valence-corrected chi connectivity index (χ4v) is 3.59. The van der Waals surface area contributed by atoms with Gasteiger partial charge in [-0.3, -0.25) is 15.0 Å². The molecule has 2 aromatic rings. The van der Waals surface area contributed by atoms with E-state index in [9.17, 15) is 22.8 Å². The first-order valence-corrected chi connectivity index (χ1v) is 9.27. The average Bonchev–Trinajstić information content (AvgIpc) is 2.89. The van der Waals surface area contributed by atoms with Crippen molar-refractivity contribution in [3.8, 4) is 0 Å². The van der Waals surface area contributed by atoms with Crippen LogP contribution in [0.1, 0.15) is 21.5 Å². The number of halogens is 4. The zero-order valence-corrected chi connectivity index (χ0v) is 16.2. The van der Waals surface area contributed by atoms with Gasteiger partial charge in [0.1, 0.15) is 0 Å². The molecule has 1 aliphatic rings. The Labute approximate surface area is 172 Å². The standard InChI is InChI=1S/C18H10ClF3N2O2S2/c19-13-6-4-11(5-7-13)15(25)23-24-16(26)14(28-17(24)27)9-10-2-1-3-12(8-10)18(20,21)22/h1-9H,(H,23,25)/b14-9+. The molecule has 28 heavy (non-hydrogen) atoms. The van der Waals surface area contributed by atoms with Crippen LogP contribution in [0.25, 0.3) is 6.08 Å². The smallest absolute Gasteiger partial charge is 0.267 e. The highest BCUT2D eigenvalue weighted by Gasteiger charge is 2.34. The van der Waals surface area contributed by atoms with Crippen molar-refractivity contribution in [3.05, 3.63) is 75.1 Å². The van der Waals surface area contributed by atoms with Gasteiger partial charge in [-0.2, -0.15) is 18.2 Å². The number of benzene rings is 2. The van der Waals surface area contributed by atoms with Gasteiger partial charge in [-0.15, -0.1) is 0 Å². The molecule has 1 heterocycles. The molecule has 1 saturated heterocycles. The Balaban J connectivity index is 1.79. The van der Waals surface area contributed by atoms with Gasteiger partial charge in [-0.1, -0.05) is 35.5 Å². The highest BCUT2D eigenvalue weighted by Crippen LogP contribution is 2.33. The van der Waals surface area contributed by atoms with Crippen molar-refractivity contribution in [1.29, 1.82) is 0 Å². The summed E-state index contributed by atoms with van der Waals surface area (Å²) in [6, 6.07) is 10.6. The van der Waals surface area contributed by atoms with Gasteiger partial charge in [-0.25, -0.2) is 0 Å². The summed E-state index contributed by atoms with van der Waals surface area (Å²) < 4.78 is 38.6. The summed E-state index contributed by atoms with van der Waals surface area (Å²) in [4.78, 5) is 24.9. The molecule has 0 saturated carbocycles. The molecule has 1 aliphatic heterocycles. The van der Waals surface area contributed by atoms with Crippen LogP contribution in [0.15, 0.2) is 53.4 Å². The molecule has 1 fully saturated rings. The second-order valence-electron chi connectivity index (χ2n) is 5.59. The van der Waals surface area contributed by atoms with E-state index < -0.39 is 23.6 Å². The van der Waals surface area contributed by atoms with E-state index in [1.165, 1.54) is 42.5 Å². The quantitative estimate of drug-likeness (QED) is 0.542. The van der Waals surface area contributed by atoms with Crippen LogP contribution in [0.4, 0.5) is 13.2 Å². The van der Waals surface area contributed by atoms with Crippen molar-refractivity contribution in [2.24, 2.45) is 0 Å². The van der Waals surface area contributed by atoms with E-state index in [0.717, 1.165) is 28.9 Å². The number of amides is 2. The molecule has 0 bridgehead atoms. The van der Waals surface area contributed by atoms with Crippen LogP contribution in [-0.4, -0.2) is 21.1 Å². The highest BCUT2D eigenvalue weighted by molar-refractivity contribution is 8.26. The van der Waals surface area contributed by atoms with Gasteiger partial charge < -0.3 is 0 Å². The Kier molecular flexibility index (Phi) is 5.78. The maximum Gasteiger partial charge on any atom is 0.416 e. The topological polar surface area (TPSA) is 49.4 Å². The third-order valence-electron chi connectivity index (χ3n) is 3.63. The van der Waals surface area contributed by atoms with E-state index in [1.807, 2.05) is 0 Å². The molecule has 0 aromatic heterocycles. The summed E-state index contributed by atoms with van der Waals surface area (Å²) in [7, 11) is 0. The highest BCUT2D eigenvalue weighted by atomic mass is 35.5. The molecule has 3 rings (SSSR count). The number of alkyl halides is 3. The van der Waals surface area contributed by atoms with Crippen molar-refractivity contribution in [2.75, 3.05) is 0 Å². The van der Waals surface area contributed by atoms with Crippen LogP contribution in [0.2, 0.25) is 5.02 Å². The van der Waals surface area contributed by atoms with E-state index in [2.05, 4.69) is 5.43 Å². The summed E-state index contributed by atoms with van der Waals surface area (Å²) >= 11 is 11.7. The number of thioether (sulfide) groups is 1. The van der Waals surface area contributed by atoms with Gasteiger partial charge in [0.2, 0.25) is 0 Å². The van der Waals surface area contributed by atoms with Gasteiger partial charge in [0.05, 0.1) is 10.5 Å². The van der Waals surface area contributed by atoms with Crippen LogP contribution in [-0.2, 0) is 11.0 Å². The molecule has 4 nitrogen and oxygen atoms in total. The summed E-state index contributed by atoms with van der Waals surface area (Å²) in [5, 5.41) is 1.34. The summed E-state index contributed by atoms with van der Waals surface area (Å²) in [6.45, 7) is 0. The number of hydrazine groups is 1. The first-order valence-electron chi connectivity index (χ1n) is 7.67. The molecule has 0 atom stereocenters. The van der Waals surface area contributed by atoms with Crippen molar-refractivity contribution in [3.63, 3.8) is 0 Å². The first kappa shape index (κ1) is 20.4. The Morgan fingerprint density at radius 1 is 1.18 bits per heavy atom. The molecule has 10 heteroatoms.